The smallest absolute Gasteiger partial charge is 0.186 e. The van der Waals surface area contributed by atoms with Crippen molar-refractivity contribution in [2.45, 2.75) is 20.3 Å². The predicted molar refractivity (Wildman–Crippen MR) is 83.6 cm³/mol. The molecule has 0 bridgehead atoms. The monoisotopic (exact) mass is 279 g/mol. The predicted octanol–water partition coefficient (Wildman–Crippen LogP) is 2.22. The molecule has 0 heterocycles. The summed E-state index contributed by atoms with van der Waals surface area (Å²) in [5.41, 5.74) is 5.06. The Labute approximate surface area is 120 Å². The zero-order chi connectivity index (χ0) is 13.9. The van der Waals surface area contributed by atoms with E-state index in [2.05, 4.69) is 15.8 Å². The lowest BCUT2D eigenvalue weighted by atomic mass is 10.1. The van der Waals surface area contributed by atoms with Crippen LogP contribution in [-0.2, 0) is 4.74 Å². The van der Waals surface area contributed by atoms with E-state index < -0.39 is 0 Å². The number of hydrazone groups is 1. The molecular weight excluding hydrogens is 258 g/mol. The molecule has 0 aromatic heterocycles. The third kappa shape index (κ3) is 6.88. The first kappa shape index (κ1) is 15.6. The molecule has 1 aromatic carbocycles. The van der Waals surface area contributed by atoms with Gasteiger partial charge in [0.1, 0.15) is 0 Å². The quantitative estimate of drug-likeness (QED) is 0.348. The Morgan fingerprint density at radius 1 is 1.42 bits per heavy atom. The van der Waals surface area contributed by atoms with Crippen LogP contribution in [0.4, 0.5) is 0 Å². The molecule has 5 heteroatoms. The van der Waals surface area contributed by atoms with Crippen molar-refractivity contribution in [1.82, 2.24) is 10.7 Å². The van der Waals surface area contributed by atoms with Crippen molar-refractivity contribution in [3.8, 4) is 0 Å². The van der Waals surface area contributed by atoms with Gasteiger partial charge in [0.25, 0.3) is 0 Å². The molecule has 0 radical (unpaired) electrons. The highest BCUT2D eigenvalue weighted by atomic mass is 32.1. The average molecular weight is 279 g/mol. The minimum Gasteiger partial charge on any atom is -0.382 e. The van der Waals surface area contributed by atoms with Crippen LogP contribution < -0.4 is 10.7 Å². The minimum absolute atomic E-state index is 0.529. The van der Waals surface area contributed by atoms with Crippen molar-refractivity contribution in [1.29, 1.82) is 0 Å². The van der Waals surface area contributed by atoms with Crippen molar-refractivity contribution in [2.24, 2.45) is 5.10 Å². The molecule has 19 heavy (non-hydrogen) atoms. The van der Waals surface area contributed by atoms with Gasteiger partial charge in [-0.15, -0.1) is 0 Å². The molecule has 1 rings (SSSR count). The molecule has 0 spiro atoms. The van der Waals surface area contributed by atoms with E-state index in [4.69, 9.17) is 17.0 Å². The Bertz CT molecular complexity index is 421. The van der Waals surface area contributed by atoms with Gasteiger partial charge in [0.2, 0.25) is 0 Å². The van der Waals surface area contributed by atoms with Crippen LogP contribution in [0.15, 0.2) is 29.4 Å². The number of ether oxygens (including phenoxy) is 1. The maximum atomic E-state index is 5.23. The maximum absolute atomic E-state index is 5.23. The molecule has 2 N–H and O–H groups in total. The van der Waals surface area contributed by atoms with Gasteiger partial charge < -0.3 is 10.1 Å². The van der Waals surface area contributed by atoms with E-state index in [1.807, 2.05) is 38.1 Å². The Balaban J connectivity index is 2.21. The molecule has 104 valence electrons. The highest BCUT2D eigenvalue weighted by molar-refractivity contribution is 7.80. The summed E-state index contributed by atoms with van der Waals surface area (Å²) in [4.78, 5) is 0. The molecule has 1 aromatic rings. The van der Waals surface area contributed by atoms with E-state index in [1.165, 1.54) is 5.56 Å². The van der Waals surface area contributed by atoms with E-state index >= 15 is 0 Å². The summed E-state index contributed by atoms with van der Waals surface area (Å²) < 4.78 is 5.23. The highest BCUT2D eigenvalue weighted by Gasteiger charge is 1.94. The standard InChI is InChI=1S/C14H21N3OS/c1-3-18-10-6-9-15-14(19)17-16-11-13-8-5-4-7-12(13)2/h4-5,7-8,11H,3,6,9-10H2,1-2H3,(H2,15,17,19)/b16-11-. The van der Waals surface area contributed by atoms with Crippen LogP contribution in [0.3, 0.4) is 0 Å². The Hall–Kier alpha value is -1.46. The Morgan fingerprint density at radius 2 is 2.21 bits per heavy atom. The van der Waals surface area contributed by atoms with Crippen molar-refractivity contribution < 1.29 is 4.74 Å². The number of nitrogens with one attached hydrogen (secondary N) is 2. The normalized spacial score (nSPS) is 10.6. The van der Waals surface area contributed by atoms with Gasteiger partial charge in [-0.1, -0.05) is 24.3 Å². The van der Waals surface area contributed by atoms with Gasteiger partial charge in [-0.2, -0.15) is 5.10 Å². The number of hydrogen-bond donors (Lipinski definition) is 2. The van der Waals surface area contributed by atoms with Crippen LogP contribution in [0.1, 0.15) is 24.5 Å². The molecule has 0 aliphatic rings. The van der Waals surface area contributed by atoms with E-state index in [9.17, 15) is 0 Å². The number of nitrogens with zero attached hydrogens (tertiary/aromatic N) is 1. The van der Waals surface area contributed by atoms with Crippen LogP contribution in [0.5, 0.6) is 0 Å². The van der Waals surface area contributed by atoms with E-state index in [0.29, 0.717) is 5.11 Å². The van der Waals surface area contributed by atoms with Crippen LogP contribution in [0.25, 0.3) is 0 Å². The average Bonchev–Trinajstić information content (AvgIpc) is 2.41. The summed E-state index contributed by atoms with van der Waals surface area (Å²) in [6.07, 6.45) is 2.70. The maximum Gasteiger partial charge on any atom is 0.186 e. The summed E-state index contributed by atoms with van der Waals surface area (Å²) in [7, 11) is 0. The first-order chi connectivity index (χ1) is 9.24. The summed E-state index contributed by atoms with van der Waals surface area (Å²) in [6, 6.07) is 8.05. The molecule has 0 aliphatic heterocycles. The Kier molecular flexibility index (Phi) is 7.77. The summed E-state index contributed by atoms with van der Waals surface area (Å²) in [5, 5.41) is 7.71. The van der Waals surface area contributed by atoms with Gasteiger partial charge in [-0.25, -0.2) is 0 Å². The van der Waals surface area contributed by atoms with Gasteiger partial charge in [-0.05, 0) is 43.6 Å². The zero-order valence-electron chi connectivity index (χ0n) is 11.5. The molecule has 0 saturated heterocycles. The van der Waals surface area contributed by atoms with E-state index in [-0.39, 0.29) is 0 Å². The molecule has 0 aliphatic carbocycles. The molecule has 0 atom stereocenters. The summed E-state index contributed by atoms with van der Waals surface area (Å²) >= 11 is 5.10. The van der Waals surface area contributed by atoms with Crippen molar-refractivity contribution in [3.63, 3.8) is 0 Å². The van der Waals surface area contributed by atoms with Gasteiger partial charge in [0.05, 0.1) is 6.21 Å². The van der Waals surface area contributed by atoms with Gasteiger partial charge in [-0.3, -0.25) is 5.43 Å². The molecule has 0 fully saturated rings. The lowest BCUT2D eigenvalue weighted by Crippen LogP contribution is -2.33. The van der Waals surface area contributed by atoms with Crippen LogP contribution in [0.2, 0.25) is 0 Å². The van der Waals surface area contributed by atoms with E-state index in [0.717, 1.165) is 31.7 Å². The first-order valence-electron chi connectivity index (χ1n) is 6.44. The fourth-order valence-electron chi connectivity index (χ4n) is 1.45. The lowest BCUT2D eigenvalue weighted by Gasteiger charge is -2.06. The Morgan fingerprint density at radius 3 is 2.95 bits per heavy atom. The molecule has 0 unspecified atom stereocenters. The fraction of sp³-hybridized carbons (Fsp3) is 0.429. The third-order valence-corrected chi connectivity index (χ3v) is 2.75. The van der Waals surface area contributed by atoms with Gasteiger partial charge in [0, 0.05) is 19.8 Å². The molecule has 4 nitrogen and oxygen atoms in total. The fourth-order valence-corrected chi connectivity index (χ4v) is 1.61. The zero-order valence-corrected chi connectivity index (χ0v) is 12.3. The topological polar surface area (TPSA) is 45.6 Å². The van der Waals surface area contributed by atoms with Gasteiger partial charge in [0.15, 0.2) is 5.11 Å². The molecular formula is C14H21N3OS. The summed E-state index contributed by atoms with van der Waals surface area (Å²) in [5.74, 6) is 0. The number of hydrogen-bond acceptors (Lipinski definition) is 3. The second-order valence-corrected chi connectivity index (χ2v) is 4.44. The van der Waals surface area contributed by atoms with Crippen LogP contribution >= 0.6 is 12.2 Å². The second kappa shape index (κ2) is 9.47. The SMILES string of the molecule is CCOCCCNC(=S)N/N=C\c1ccccc1C. The van der Waals surface area contributed by atoms with Crippen molar-refractivity contribution >= 4 is 23.5 Å². The minimum atomic E-state index is 0.529. The first-order valence-corrected chi connectivity index (χ1v) is 6.85. The number of thiocarbonyl (C=S) groups is 1. The largest absolute Gasteiger partial charge is 0.382 e. The van der Waals surface area contributed by atoms with Crippen molar-refractivity contribution in [3.05, 3.63) is 35.4 Å². The molecule has 0 amide bonds. The third-order valence-electron chi connectivity index (χ3n) is 2.51. The number of rotatable bonds is 7. The van der Waals surface area contributed by atoms with Crippen molar-refractivity contribution in [2.75, 3.05) is 19.8 Å². The van der Waals surface area contributed by atoms with Crippen LogP contribution in [-0.4, -0.2) is 31.1 Å². The highest BCUT2D eigenvalue weighted by Crippen LogP contribution is 2.02. The van der Waals surface area contributed by atoms with E-state index in [1.54, 1.807) is 6.21 Å². The second-order valence-electron chi connectivity index (χ2n) is 4.03. The van der Waals surface area contributed by atoms with Gasteiger partial charge >= 0.3 is 0 Å². The summed E-state index contributed by atoms with van der Waals surface area (Å²) in [6.45, 7) is 6.32. The number of benzene rings is 1. The van der Waals surface area contributed by atoms with Crippen LogP contribution in [0, 0.1) is 6.92 Å². The lowest BCUT2D eigenvalue weighted by molar-refractivity contribution is 0.145. The number of aryl methyl sites for hydroxylation is 1. The molecule has 0 saturated carbocycles.